The third-order valence-electron chi connectivity index (χ3n) is 2.73. The number of amides is 1. The lowest BCUT2D eigenvalue weighted by molar-refractivity contribution is 0.0939. The Morgan fingerprint density at radius 2 is 2.00 bits per heavy atom. The van der Waals surface area contributed by atoms with E-state index in [1.54, 1.807) is 12.3 Å². The molecule has 1 heterocycles. The molecule has 1 aromatic heterocycles. The molecule has 0 saturated heterocycles. The van der Waals surface area contributed by atoms with Crippen molar-refractivity contribution in [3.63, 3.8) is 0 Å². The van der Waals surface area contributed by atoms with Gasteiger partial charge in [-0.05, 0) is 30.7 Å². The van der Waals surface area contributed by atoms with Crippen molar-refractivity contribution in [1.82, 2.24) is 10.3 Å². The second-order valence-electron chi connectivity index (χ2n) is 4.10. The number of hydrogen-bond donors (Lipinski definition) is 1. The Morgan fingerprint density at radius 1 is 1.32 bits per heavy atom. The van der Waals surface area contributed by atoms with Crippen LogP contribution in [0.3, 0.4) is 0 Å². The van der Waals surface area contributed by atoms with Crippen molar-refractivity contribution in [2.75, 3.05) is 0 Å². The largest absolute Gasteiger partial charge is 0.345 e. The van der Waals surface area contributed by atoms with Crippen LogP contribution in [0.2, 0.25) is 5.02 Å². The van der Waals surface area contributed by atoms with Gasteiger partial charge in [0.2, 0.25) is 0 Å². The first-order chi connectivity index (χ1) is 9.08. The smallest absolute Gasteiger partial charge is 0.254 e. The van der Waals surface area contributed by atoms with Crippen LogP contribution in [0.25, 0.3) is 0 Å². The standard InChI is InChI=1S/C14H12BrClN2O/c1-9(10-2-4-11(15)5-3-10)18-14(19)12-8-17-7-6-13(12)16/h2-9H,1H3,(H,18,19)/t9-/m0/s1. The highest BCUT2D eigenvalue weighted by Gasteiger charge is 2.14. The molecule has 1 aromatic carbocycles. The zero-order valence-corrected chi connectivity index (χ0v) is 12.6. The number of hydrogen-bond acceptors (Lipinski definition) is 2. The molecule has 0 aliphatic carbocycles. The molecule has 1 atom stereocenters. The molecule has 0 saturated carbocycles. The molecule has 0 bridgehead atoms. The van der Waals surface area contributed by atoms with E-state index in [-0.39, 0.29) is 11.9 Å². The summed E-state index contributed by atoms with van der Waals surface area (Å²) in [6.45, 7) is 1.92. The van der Waals surface area contributed by atoms with Crippen molar-refractivity contribution in [2.45, 2.75) is 13.0 Å². The lowest BCUT2D eigenvalue weighted by atomic mass is 10.1. The molecule has 0 unspecified atom stereocenters. The molecule has 2 rings (SSSR count). The fraction of sp³-hybridized carbons (Fsp3) is 0.143. The summed E-state index contributed by atoms with van der Waals surface area (Å²) >= 11 is 9.34. The first-order valence-corrected chi connectivity index (χ1v) is 6.91. The average Bonchev–Trinajstić information content (AvgIpc) is 2.39. The number of nitrogens with one attached hydrogen (secondary N) is 1. The van der Waals surface area contributed by atoms with Gasteiger partial charge in [-0.15, -0.1) is 0 Å². The predicted octanol–water partition coefficient (Wildman–Crippen LogP) is 3.99. The van der Waals surface area contributed by atoms with E-state index in [0.29, 0.717) is 10.6 Å². The summed E-state index contributed by atoms with van der Waals surface area (Å²) in [5, 5.41) is 3.29. The Labute approximate surface area is 125 Å². The highest BCUT2D eigenvalue weighted by atomic mass is 79.9. The van der Waals surface area contributed by atoms with Gasteiger partial charge < -0.3 is 5.32 Å². The van der Waals surface area contributed by atoms with Crippen molar-refractivity contribution < 1.29 is 4.79 Å². The highest BCUT2D eigenvalue weighted by molar-refractivity contribution is 9.10. The number of carbonyl (C=O) groups excluding carboxylic acids is 1. The zero-order valence-electron chi connectivity index (χ0n) is 10.2. The van der Waals surface area contributed by atoms with Crippen LogP contribution in [-0.2, 0) is 0 Å². The normalized spacial score (nSPS) is 11.9. The van der Waals surface area contributed by atoms with Crippen LogP contribution >= 0.6 is 27.5 Å². The van der Waals surface area contributed by atoms with Crippen LogP contribution in [0.4, 0.5) is 0 Å². The van der Waals surface area contributed by atoms with Gasteiger partial charge in [-0.2, -0.15) is 0 Å². The van der Waals surface area contributed by atoms with Gasteiger partial charge in [0.15, 0.2) is 0 Å². The fourth-order valence-corrected chi connectivity index (χ4v) is 2.11. The second-order valence-corrected chi connectivity index (χ2v) is 5.43. The van der Waals surface area contributed by atoms with Crippen molar-refractivity contribution >= 4 is 33.4 Å². The average molecular weight is 340 g/mol. The van der Waals surface area contributed by atoms with Crippen molar-refractivity contribution in [2.24, 2.45) is 0 Å². The molecule has 0 aliphatic rings. The number of pyridine rings is 1. The summed E-state index contributed by atoms with van der Waals surface area (Å²) in [7, 11) is 0. The number of halogens is 2. The molecule has 3 nitrogen and oxygen atoms in total. The Bertz CT molecular complexity index is 586. The van der Waals surface area contributed by atoms with Crippen LogP contribution < -0.4 is 5.32 Å². The summed E-state index contributed by atoms with van der Waals surface area (Å²) in [6.07, 6.45) is 3.02. The molecule has 1 N–H and O–H groups in total. The van der Waals surface area contributed by atoms with Crippen LogP contribution in [0.5, 0.6) is 0 Å². The Kier molecular flexibility index (Phi) is 4.56. The lowest BCUT2D eigenvalue weighted by Gasteiger charge is -2.14. The second kappa shape index (κ2) is 6.17. The minimum Gasteiger partial charge on any atom is -0.345 e. The summed E-state index contributed by atoms with van der Waals surface area (Å²) in [5.41, 5.74) is 1.41. The molecule has 5 heteroatoms. The fourth-order valence-electron chi connectivity index (χ4n) is 1.65. The molecular weight excluding hydrogens is 328 g/mol. The van der Waals surface area contributed by atoms with Gasteiger partial charge in [0.1, 0.15) is 0 Å². The van der Waals surface area contributed by atoms with E-state index in [9.17, 15) is 4.79 Å². The van der Waals surface area contributed by atoms with Crippen molar-refractivity contribution in [3.05, 3.63) is 63.3 Å². The van der Waals surface area contributed by atoms with E-state index in [2.05, 4.69) is 26.2 Å². The van der Waals surface area contributed by atoms with E-state index in [0.717, 1.165) is 10.0 Å². The zero-order chi connectivity index (χ0) is 13.8. The maximum atomic E-state index is 12.1. The van der Waals surface area contributed by atoms with Gasteiger partial charge >= 0.3 is 0 Å². The molecule has 2 aromatic rings. The monoisotopic (exact) mass is 338 g/mol. The van der Waals surface area contributed by atoms with Gasteiger partial charge in [-0.25, -0.2) is 0 Å². The molecule has 98 valence electrons. The Hall–Kier alpha value is -1.39. The van der Waals surface area contributed by atoms with Gasteiger partial charge in [0.25, 0.3) is 5.91 Å². The Balaban J connectivity index is 2.11. The SMILES string of the molecule is C[C@H](NC(=O)c1cnccc1Cl)c1ccc(Br)cc1. The molecule has 0 fully saturated rings. The minimum absolute atomic E-state index is 0.100. The van der Waals surface area contributed by atoms with E-state index in [1.165, 1.54) is 6.20 Å². The van der Waals surface area contributed by atoms with Crippen LogP contribution in [0.15, 0.2) is 47.2 Å². The number of carbonyl (C=O) groups is 1. The summed E-state index contributed by atoms with van der Waals surface area (Å²) in [6, 6.07) is 9.29. The van der Waals surface area contributed by atoms with Crippen molar-refractivity contribution in [3.8, 4) is 0 Å². The predicted molar refractivity (Wildman–Crippen MR) is 79.3 cm³/mol. The van der Waals surface area contributed by atoms with Crippen LogP contribution in [0.1, 0.15) is 28.9 Å². The molecule has 19 heavy (non-hydrogen) atoms. The van der Waals surface area contributed by atoms with Gasteiger partial charge in [-0.3, -0.25) is 9.78 Å². The molecule has 0 radical (unpaired) electrons. The topological polar surface area (TPSA) is 42.0 Å². The highest BCUT2D eigenvalue weighted by Crippen LogP contribution is 2.18. The summed E-state index contributed by atoms with van der Waals surface area (Å²) < 4.78 is 1.00. The minimum atomic E-state index is -0.228. The van der Waals surface area contributed by atoms with E-state index < -0.39 is 0 Å². The third-order valence-corrected chi connectivity index (χ3v) is 3.59. The molecule has 0 aliphatic heterocycles. The number of aromatic nitrogens is 1. The summed E-state index contributed by atoms with van der Waals surface area (Å²) in [4.78, 5) is 16.0. The van der Waals surface area contributed by atoms with Crippen LogP contribution in [-0.4, -0.2) is 10.9 Å². The number of nitrogens with zero attached hydrogens (tertiary/aromatic N) is 1. The van der Waals surface area contributed by atoms with Gasteiger partial charge in [-0.1, -0.05) is 39.7 Å². The molecular formula is C14H12BrClN2O. The van der Waals surface area contributed by atoms with E-state index in [4.69, 9.17) is 11.6 Å². The maximum Gasteiger partial charge on any atom is 0.254 e. The number of rotatable bonds is 3. The lowest BCUT2D eigenvalue weighted by Crippen LogP contribution is -2.26. The molecule has 1 amide bonds. The van der Waals surface area contributed by atoms with E-state index >= 15 is 0 Å². The first kappa shape index (κ1) is 14.0. The number of benzene rings is 1. The third kappa shape index (κ3) is 3.55. The van der Waals surface area contributed by atoms with E-state index in [1.807, 2.05) is 31.2 Å². The maximum absolute atomic E-state index is 12.1. The first-order valence-electron chi connectivity index (χ1n) is 5.74. The quantitative estimate of drug-likeness (QED) is 0.918. The summed E-state index contributed by atoms with van der Waals surface area (Å²) in [5.74, 6) is -0.228. The van der Waals surface area contributed by atoms with Gasteiger partial charge in [0, 0.05) is 16.9 Å². The van der Waals surface area contributed by atoms with Crippen molar-refractivity contribution in [1.29, 1.82) is 0 Å². The Morgan fingerprint density at radius 3 is 2.63 bits per heavy atom. The van der Waals surface area contributed by atoms with Crippen LogP contribution in [0, 0.1) is 0 Å². The van der Waals surface area contributed by atoms with Gasteiger partial charge in [0.05, 0.1) is 16.6 Å². The molecule has 0 spiro atoms.